The Hall–Kier alpha value is -2.32. The van der Waals surface area contributed by atoms with Crippen molar-refractivity contribution >= 4 is 16.8 Å². The molecule has 1 aromatic carbocycles. The van der Waals surface area contributed by atoms with Crippen LogP contribution in [0.25, 0.3) is 10.9 Å². The normalized spacial score (nSPS) is 13.6. The van der Waals surface area contributed by atoms with Crippen molar-refractivity contribution in [2.45, 2.75) is 38.3 Å². The molecule has 2 aromatic rings. The molecule has 0 spiro atoms. The number of para-hydroxylation sites is 1. The van der Waals surface area contributed by atoms with Gasteiger partial charge in [-0.25, -0.2) is 0 Å². The summed E-state index contributed by atoms with van der Waals surface area (Å²) in [5.74, 6) is -0.206. The summed E-state index contributed by atoms with van der Waals surface area (Å²) < 4.78 is 0. The van der Waals surface area contributed by atoms with Crippen LogP contribution in [0, 0.1) is 11.3 Å². The number of nitrogens with two attached hydrogens (primary N) is 1. The Morgan fingerprint density at radius 1 is 1.48 bits per heavy atom. The lowest BCUT2D eigenvalue weighted by Crippen LogP contribution is -2.46. The molecule has 0 saturated carbocycles. The second kappa shape index (κ2) is 6.91. The molecule has 0 radical (unpaired) electrons. The number of hydrogen-bond acceptors (Lipinski definition) is 3. The molecule has 2 rings (SSSR count). The molecule has 1 aromatic heterocycles. The minimum Gasteiger partial charge on any atom is -0.361 e. The fraction of sp³-hybridized carbons (Fsp3) is 0.375. The minimum absolute atomic E-state index is 0.128. The Labute approximate surface area is 124 Å². The Morgan fingerprint density at radius 3 is 2.95 bits per heavy atom. The highest BCUT2D eigenvalue weighted by Gasteiger charge is 2.18. The number of nitrogens with one attached hydrogen (secondary N) is 2. The summed E-state index contributed by atoms with van der Waals surface area (Å²) in [4.78, 5) is 15.3. The molecule has 4 N–H and O–H groups in total. The zero-order valence-corrected chi connectivity index (χ0v) is 12.1. The van der Waals surface area contributed by atoms with E-state index in [1.54, 1.807) is 0 Å². The number of carbonyl (C=O) groups is 1. The smallest absolute Gasteiger partial charge is 0.237 e. The van der Waals surface area contributed by atoms with Crippen molar-refractivity contribution in [1.82, 2.24) is 10.3 Å². The molecule has 110 valence electrons. The summed E-state index contributed by atoms with van der Waals surface area (Å²) in [6.07, 6.45) is 3.39. The second-order valence-electron chi connectivity index (χ2n) is 5.15. The average molecular weight is 284 g/mol. The molecule has 0 aliphatic carbocycles. The number of fused-ring (bicyclic) bond motifs is 1. The second-order valence-corrected chi connectivity index (χ2v) is 5.15. The number of aromatic amines is 1. The predicted molar refractivity (Wildman–Crippen MR) is 82.4 cm³/mol. The first-order chi connectivity index (χ1) is 10.2. The molecule has 0 bridgehead atoms. The van der Waals surface area contributed by atoms with Gasteiger partial charge in [0, 0.05) is 23.1 Å². The molecule has 0 aliphatic rings. The topological polar surface area (TPSA) is 94.7 Å². The fourth-order valence-electron chi connectivity index (χ4n) is 2.35. The van der Waals surface area contributed by atoms with Gasteiger partial charge in [-0.15, -0.1) is 0 Å². The van der Waals surface area contributed by atoms with E-state index in [4.69, 9.17) is 11.0 Å². The number of amides is 1. The highest BCUT2D eigenvalue weighted by Crippen LogP contribution is 2.18. The highest BCUT2D eigenvalue weighted by atomic mass is 16.2. The number of nitrogens with zero attached hydrogens (tertiary/aromatic N) is 1. The van der Waals surface area contributed by atoms with E-state index >= 15 is 0 Å². The van der Waals surface area contributed by atoms with Crippen molar-refractivity contribution in [1.29, 1.82) is 5.26 Å². The summed E-state index contributed by atoms with van der Waals surface area (Å²) in [6, 6.07) is 9.26. The maximum Gasteiger partial charge on any atom is 0.237 e. The fourth-order valence-corrected chi connectivity index (χ4v) is 2.35. The highest BCUT2D eigenvalue weighted by molar-refractivity contribution is 5.86. The Bertz CT molecular complexity index is 656. The molecule has 1 unspecified atom stereocenters. The first-order valence-corrected chi connectivity index (χ1v) is 7.13. The summed E-state index contributed by atoms with van der Waals surface area (Å²) in [7, 11) is 0. The van der Waals surface area contributed by atoms with Crippen molar-refractivity contribution < 1.29 is 4.79 Å². The van der Waals surface area contributed by atoms with Crippen LogP contribution in [0.3, 0.4) is 0 Å². The van der Waals surface area contributed by atoms with Crippen LogP contribution >= 0.6 is 0 Å². The van der Waals surface area contributed by atoms with Gasteiger partial charge in [-0.1, -0.05) is 25.1 Å². The van der Waals surface area contributed by atoms with E-state index in [1.807, 2.05) is 37.4 Å². The number of nitriles is 1. The third kappa shape index (κ3) is 3.61. The number of rotatable bonds is 6. The Balaban J connectivity index is 2.02. The largest absolute Gasteiger partial charge is 0.361 e. The van der Waals surface area contributed by atoms with Gasteiger partial charge in [0.15, 0.2) is 0 Å². The quantitative estimate of drug-likeness (QED) is 0.755. The molecule has 0 aliphatic heterocycles. The number of aromatic nitrogens is 1. The number of carbonyl (C=O) groups excluding carboxylic acids is 1. The van der Waals surface area contributed by atoms with E-state index in [-0.39, 0.29) is 11.9 Å². The van der Waals surface area contributed by atoms with Gasteiger partial charge in [0.05, 0.1) is 18.5 Å². The lowest BCUT2D eigenvalue weighted by Gasteiger charge is -2.17. The van der Waals surface area contributed by atoms with Crippen molar-refractivity contribution in [3.63, 3.8) is 0 Å². The van der Waals surface area contributed by atoms with Crippen molar-refractivity contribution in [2.24, 2.45) is 5.73 Å². The maximum atomic E-state index is 12.1. The molecule has 2 atom stereocenters. The van der Waals surface area contributed by atoms with Gasteiger partial charge < -0.3 is 16.0 Å². The first-order valence-electron chi connectivity index (χ1n) is 7.13. The predicted octanol–water partition coefficient (Wildman–Crippen LogP) is 1.85. The van der Waals surface area contributed by atoms with Crippen LogP contribution in [-0.2, 0) is 11.2 Å². The third-order valence-corrected chi connectivity index (χ3v) is 3.63. The van der Waals surface area contributed by atoms with Crippen LogP contribution in [0.5, 0.6) is 0 Å². The monoisotopic (exact) mass is 284 g/mol. The molecule has 5 nitrogen and oxygen atoms in total. The van der Waals surface area contributed by atoms with E-state index in [1.165, 1.54) is 0 Å². The van der Waals surface area contributed by atoms with Crippen LogP contribution < -0.4 is 11.1 Å². The van der Waals surface area contributed by atoms with Crippen molar-refractivity contribution in [3.05, 3.63) is 36.0 Å². The molecule has 21 heavy (non-hydrogen) atoms. The molecule has 0 fully saturated rings. The molecule has 0 saturated heterocycles. The van der Waals surface area contributed by atoms with Crippen molar-refractivity contribution in [2.75, 3.05) is 0 Å². The van der Waals surface area contributed by atoms with Crippen LogP contribution in [0.1, 0.15) is 25.3 Å². The van der Waals surface area contributed by atoms with Gasteiger partial charge in [0.2, 0.25) is 5.91 Å². The molecule has 5 heteroatoms. The van der Waals surface area contributed by atoms with Crippen molar-refractivity contribution in [3.8, 4) is 6.07 Å². The lowest BCUT2D eigenvalue weighted by molar-refractivity contribution is -0.123. The first kappa shape index (κ1) is 15.1. The Morgan fingerprint density at radius 2 is 2.24 bits per heavy atom. The van der Waals surface area contributed by atoms with Gasteiger partial charge >= 0.3 is 0 Å². The average Bonchev–Trinajstić information content (AvgIpc) is 2.90. The lowest BCUT2D eigenvalue weighted by atomic mass is 10.0. The molecule has 1 heterocycles. The zero-order chi connectivity index (χ0) is 15.2. The number of hydrogen-bond donors (Lipinski definition) is 3. The van der Waals surface area contributed by atoms with Gasteiger partial charge in [0.25, 0.3) is 0 Å². The number of H-pyrrole nitrogens is 1. The third-order valence-electron chi connectivity index (χ3n) is 3.63. The summed E-state index contributed by atoms with van der Waals surface area (Å²) in [5, 5.41) is 12.6. The standard InChI is InChI=1S/C16H20N4O/c1-2-12(7-8-17)20-16(21)14(18)9-11-10-19-15-6-4-3-5-13(11)15/h3-6,10,12,14,19H,2,7,9,18H2,1H3,(H,20,21)/t12?,14-/m1/s1. The van der Waals surface area contributed by atoms with E-state index in [0.717, 1.165) is 22.9 Å². The molecular weight excluding hydrogens is 264 g/mol. The van der Waals surface area contributed by atoms with E-state index in [9.17, 15) is 4.79 Å². The summed E-state index contributed by atoms with van der Waals surface area (Å²) in [6.45, 7) is 1.94. The Kier molecular flexibility index (Phi) is 4.96. The molecular formula is C16H20N4O. The summed E-state index contributed by atoms with van der Waals surface area (Å²) >= 11 is 0. The number of benzene rings is 1. The summed E-state index contributed by atoms with van der Waals surface area (Å²) in [5.41, 5.74) is 8.06. The van der Waals surface area contributed by atoms with Crippen LogP contribution in [-0.4, -0.2) is 23.0 Å². The van der Waals surface area contributed by atoms with Gasteiger partial charge in [-0.05, 0) is 24.5 Å². The van der Waals surface area contributed by atoms with Crippen LogP contribution in [0.2, 0.25) is 0 Å². The van der Waals surface area contributed by atoms with Gasteiger partial charge in [-0.3, -0.25) is 4.79 Å². The van der Waals surface area contributed by atoms with Crippen LogP contribution in [0.15, 0.2) is 30.5 Å². The van der Waals surface area contributed by atoms with E-state index < -0.39 is 6.04 Å². The van der Waals surface area contributed by atoms with Gasteiger partial charge in [0.1, 0.15) is 0 Å². The molecule has 1 amide bonds. The zero-order valence-electron chi connectivity index (χ0n) is 12.1. The van der Waals surface area contributed by atoms with Crippen LogP contribution in [0.4, 0.5) is 0 Å². The minimum atomic E-state index is -0.614. The van der Waals surface area contributed by atoms with E-state index in [0.29, 0.717) is 12.8 Å². The maximum absolute atomic E-state index is 12.1. The van der Waals surface area contributed by atoms with Gasteiger partial charge in [-0.2, -0.15) is 5.26 Å². The SMILES string of the molecule is CCC(CC#N)NC(=O)[C@H](N)Cc1c[nH]c2ccccc12. The van der Waals surface area contributed by atoms with E-state index in [2.05, 4.69) is 16.4 Å².